The van der Waals surface area contributed by atoms with E-state index in [-0.39, 0.29) is 12.0 Å². The Morgan fingerprint density at radius 2 is 2.46 bits per heavy atom. The van der Waals surface area contributed by atoms with E-state index in [4.69, 9.17) is 4.74 Å². The van der Waals surface area contributed by atoms with Crippen molar-refractivity contribution in [1.29, 1.82) is 0 Å². The Hall–Kier alpha value is -0.420. The predicted octanol–water partition coefficient (Wildman–Crippen LogP) is 0.355. The molecule has 1 aliphatic rings. The molecule has 76 valence electrons. The molecule has 5 heteroatoms. The Kier molecular flexibility index (Phi) is 4.38. The molecule has 0 bridgehead atoms. The van der Waals surface area contributed by atoms with Crippen LogP contribution in [0.3, 0.4) is 0 Å². The number of unbranched alkanes of at least 4 members (excludes halogenated alkanes) is 1. The van der Waals surface area contributed by atoms with Crippen LogP contribution in [-0.2, 0) is 20.5 Å². The minimum atomic E-state index is -1.08. The number of hydrogen-bond acceptors (Lipinski definition) is 3. The van der Waals surface area contributed by atoms with Gasteiger partial charge in [0.2, 0.25) is 0 Å². The molecule has 13 heavy (non-hydrogen) atoms. The number of nitrogens with one attached hydrogen (secondary N) is 1. The van der Waals surface area contributed by atoms with Crippen molar-refractivity contribution < 1.29 is 13.7 Å². The van der Waals surface area contributed by atoms with Gasteiger partial charge in [-0.25, -0.2) is 8.93 Å². The van der Waals surface area contributed by atoms with Crippen molar-refractivity contribution in [3.8, 4) is 0 Å². The highest BCUT2D eigenvalue weighted by molar-refractivity contribution is 7.83. The summed E-state index contributed by atoms with van der Waals surface area (Å²) in [5, 5.41) is 0. The lowest BCUT2D eigenvalue weighted by molar-refractivity contribution is -0.139. The summed E-state index contributed by atoms with van der Waals surface area (Å²) in [5.74, 6) is 0.338. The molecule has 0 amide bonds. The largest absolute Gasteiger partial charge is 0.464 e. The topological polar surface area (TPSA) is 55.4 Å². The molecule has 1 saturated heterocycles. The van der Waals surface area contributed by atoms with Crippen LogP contribution in [0, 0.1) is 0 Å². The molecule has 0 aromatic heterocycles. The highest BCUT2D eigenvalue weighted by Gasteiger charge is 2.27. The zero-order valence-electron chi connectivity index (χ0n) is 7.75. The lowest BCUT2D eigenvalue weighted by Gasteiger charge is -2.06. The first kappa shape index (κ1) is 10.7. The van der Waals surface area contributed by atoms with E-state index in [1.165, 1.54) is 0 Å². The summed E-state index contributed by atoms with van der Waals surface area (Å²) in [6.45, 7) is 2.49. The number of ether oxygens (including phenoxy) is 1. The molecular formula is C8H15NO3S. The number of rotatable bonds is 5. The quantitative estimate of drug-likeness (QED) is 0.659. The van der Waals surface area contributed by atoms with Gasteiger partial charge in [-0.2, -0.15) is 0 Å². The summed E-state index contributed by atoms with van der Waals surface area (Å²) in [4.78, 5) is 11.0. The van der Waals surface area contributed by atoms with Crippen molar-refractivity contribution >= 4 is 17.0 Å². The fraction of sp³-hybridized carbons (Fsp3) is 0.875. The maximum absolute atomic E-state index is 11.3. The van der Waals surface area contributed by atoms with Gasteiger partial charge >= 0.3 is 5.97 Å². The molecule has 2 atom stereocenters. The van der Waals surface area contributed by atoms with Gasteiger partial charge in [-0.05, 0) is 6.42 Å². The number of cyclic esters (lactones) is 1. The van der Waals surface area contributed by atoms with Gasteiger partial charge in [0.25, 0.3) is 0 Å². The summed E-state index contributed by atoms with van der Waals surface area (Å²) in [7, 11) is -1.08. The zero-order chi connectivity index (χ0) is 9.68. The van der Waals surface area contributed by atoms with Crippen molar-refractivity contribution in [3.63, 3.8) is 0 Å². The van der Waals surface area contributed by atoms with E-state index in [0.717, 1.165) is 12.8 Å². The monoisotopic (exact) mass is 205 g/mol. The maximum atomic E-state index is 11.3. The minimum Gasteiger partial charge on any atom is -0.464 e. The molecule has 0 saturated carbocycles. The molecule has 0 radical (unpaired) electrons. The van der Waals surface area contributed by atoms with E-state index in [0.29, 0.717) is 18.8 Å². The van der Waals surface area contributed by atoms with Gasteiger partial charge < -0.3 is 4.74 Å². The summed E-state index contributed by atoms with van der Waals surface area (Å²) < 4.78 is 18.8. The maximum Gasteiger partial charge on any atom is 0.324 e. The Balaban J connectivity index is 2.23. The van der Waals surface area contributed by atoms with Crippen LogP contribution in [0.4, 0.5) is 0 Å². The molecule has 0 spiro atoms. The molecular weight excluding hydrogens is 190 g/mol. The first-order valence-electron chi connectivity index (χ1n) is 4.55. The third kappa shape index (κ3) is 3.44. The van der Waals surface area contributed by atoms with Crippen LogP contribution in [0.1, 0.15) is 26.2 Å². The second-order valence-corrected chi connectivity index (χ2v) is 4.36. The van der Waals surface area contributed by atoms with Gasteiger partial charge in [0.05, 0.1) is 17.6 Å². The zero-order valence-corrected chi connectivity index (χ0v) is 8.56. The van der Waals surface area contributed by atoms with Crippen molar-refractivity contribution in [2.45, 2.75) is 32.2 Å². The van der Waals surface area contributed by atoms with Crippen molar-refractivity contribution in [2.24, 2.45) is 0 Å². The average molecular weight is 205 g/mol. The van der Waals surface area contributed by atoms with Gasteiger partial charge in [-0.15, -0.1) is 0 Å². The standard InChI is InChI=1S/C8H15NO3S/c1-2-3-6-13(11)9-7-4-5-12-8(7)10/h7,9H,2-6H2,1H3. The normalized spacial score (nSPS) is 24.4. The van der Waals surface area contributed by atoms with Crippen molar-refractivity contribution in [1.82, 2.24) is 4.72 Å². The van der Waals surface area contributed by atoms with Gasteiger partial charge in [0, 0.05) is 12.2 Å². The summed E-state index contributed by atoms with van der Waals surface area (Å²) >= 11 is 0. The average Bonchev–Trinajstić information content (AvgIpc) is 2.48. The summed E-state index contributed by atoms with van der Waals surface area (Å²) in [6.07, 6.45) is 2.57. The SMILES string of the molecule is CCCCS(=O)NC1CCOC1=O. The van der Waals surface area contributed by atoms with E-state index < -0.39 is 11.0 Å². The molecule has 0 aromatic carbocycles. The van der Waals surface area contributed by atoms with E-state index >= 15 is 0 Å². The Bertz CT molecular complexity index is 208. The number of carbonyl (C=O) groups excluding carboxylic acids is 1. The molecule has 2 unspecified atom stereocenters. The number of carbonyl (C=O) groups is 1. The fourth-order valence-corrected chi connectivity index (χ4v) is 2.30. The van der Waals surface area contributed by atoms with E-state index in [1.54, 1.807) is 0 Å². The van der Waals surface area contributed by atoms with Crippen LogP contribution >= 0.6 is 0 Å². The molecule has 1 aliphatic heterocycles. The van der Waals surface area contributed by atoms with Crippen LogP contribution in [0.2, 0.25) is 0 Å². The smallest absolute Gasteiger partial charge is 0.324 e. The molecule has 1 fully saturated rings. The lowest BCUT2D eigenvalue weighted by atomic mass is 10.3. The van der Waals surface area contributed by atoms with Crippen LogP contribution in [0.15, 0.2) is 0 Å². The Morgan fingerprint density at radius 3 is 3.00 bits per heavy atom. The highest BCUT2D eigenvalue weighted by atomic mass is 32.2. The van der Waals surface area contributed by atoms with Crippen molar-refractivity contribution in [2.75, 3.05) is 12.4 Å². The molecule has 1 rings (SSSR count). The molecule has 0 aliphatic carbocycles. The molecule has 4 nitrogen and oxygen atoms in total. The van der Waals surface area contributed by atoms with Gasteiger partial charge in [-0.1, -0.05) is 13.3 Å². The molecule has 1 heterocycles. The Labute approximate surface area is 80.6 Å². The van der Waals surface area contributed by atoms with Crippen molar-refractivity contribution in [3.05, 3.63) is 0 Å². The third-order valence-corrected chi connectivity index (χ3v) is 3.10. The number of hydrogen-bond donors (Lipinski definition) is 1. The van der Waals surface area contributed by atoms with E-state index in [1.807, 2.05) is 6.92 Å². The first-order valence-corrected chi connectivity index (χ1v) is 5.87. The van der Waals surface area contributed by atoms with Gasteiger partial charge in [0.1, 0.15) is 6.04 Å². The van der Waals surface area contributed by atoms with Crippen LogP contribution in [-0.4, -0.2) is 28.6 Å². The van der Waals surface area contributed by atoms with Crippen LogP contribution < -0.4 is 4.72 Å². The molecule has 1 N–H and O–H groups in total. The number of esters is 1. The first-order chi connectivity index (χ1) is 6.24. The van der Waals surface area contributed by atoms with Crippen LogP contribution in [0.5, 0.6) is 0 Å². The minimum absolute atomic E-state index is 0.273. The van der Waals surface area contributed by atoms with E-state index in [2.05, 4.69) is 4.72 Å². The lowest BCUT2D eigenvalue weighted by Crippen LogP contribution is -2.35. The molecule has 0 aromatic rings. The Morgan fingerprint density at radius 1 is 1.69 bits per heavy atom. The summed E-state index contributed by atoms with van der Waals surface area (Å²) in [5.41, 5.74) is 0. The third-order valence-electron chi connectivity index (χ3n) is 1.89. The second-order valence-electron chi connectivity index (χ2n) is 3.03. The predicted molar refractivity (Wildman–Crippen MR) is 50.4 cm³/mol. The van der Waals surface area contributed by atoms with Crippen LogP contribution in [0.25, 0.3) is 0 Å². The highest BCUT2D eigenvalue weighted by Crippen LogP contribution is 2.06. The fourth-order valence-electron chi connectivity index (χ4n) is 1.10. The second kappa shape index (κ2) is 5.34. The van der Waals surface area contributed by atoms with E-state index in [9.17, 15) is 9.00 Å². The summed E-state index contributed by atoms with van der Waals surface area (Å²) in [6, 6.07) is -0.349. The van der Waals surface area contributed by atoms with Gasteiger partial charge in [0.15, 0.2) is 0 Å². The van der Waals surface area contributed by atoms with Gasteiger partial charge in [-0.3, -0.25) is 4.79 Å².